The zero-order valence-corrected chi connectivity index (χ0v) is 9.79. The molecule has 17 heavy (non-hydrogen) atoms. The van der Waals surface area contributed by atoms with Crippen molar-refractivity contribution < 1.29 is 14.3 Å². The molecule has 2 rings (SSSR count). The minimum Gasteiger partial charge on any atom is -0.382 e. The summed E-state index contributed by atoms with van der Waals surface area (Å²) in [6.07, 6.45) is 4.62. The Balaban J connectivity index is 2.27. The fourth-order valence-corrected chi connectivity index (χ4v) is 2.44. The van der Waals surface area contributed by atoms with Gasteiger partial charge in [0, 0.05) is 0 Å². The molecule has 0 heterocycles. The standard InChI is InChI=1S/C14H17FO2/c15-12-8-4-3-7-11(12)13(16)14(17)9-5-1-2-6-10-14/h3-4,7-8,17H,1-2,5-6,9-10H2. The first-order valence-corrected chi connectivity index (χ1v) is 6.15. The maximum atomic E-state index is 13.5. The lowest BCUT2D eigenvalue weighted by molar-refractivity contribution is 0.0234. The van der Waals surface area contributed by atoms with Crippen molar-refractivity contribution in [2.24, 2.45) is 0 Å². The molecule has 3 heteroatoms. The van der Waals surface area contributed by atoms with Crippen LogP contribution in [0.4, 0.5) is 4.39 Å². The summed E-state index contributed by atoms with van der Waals surface area (Å²) in [5.74, 6) is -1.01. The molecule has 1 saturated carbocycles. The van der Waals surface area contributed by atoms with Crippen LogP contribution in [0, 0.1) is 5.82 Å². The molecule has 0 aromatic heterocycles. The first-order chi connectivity index (χ1) is 8.13. The summed E-state index contributed by atoms with van der Waals surface area (Å²) in [7, 11) is 0. The first-order valence-electron chi connectivity index (χ1n) is 6.15. The highest BCUT2D eigenvalue weighted by molar-refractivity contribution is 6.02. The summed E-state index contributed by atoms with van der Waals surface area (Å²) in [6.45, 7) is 0. The SMILES string of the molecule is O=C(c1ccccc1F)C1(O)CCCCCC1. The lowest BCUT2D eigenvalue weighted by Crippen LogP contribution is -2.38. The number of rotatable bonds is 2. The largest absolute Gasteiger partial charge is 0.382 e. The Bertz CT molecular complexity index is 406. The Kier molecular flexibility index (Phi) is 3.57. The van der Waals surface area contributed by atoms with E-state index in [9.17, 15) is 14.3 Å². The van der Waals surface area contributed by atoms with Gasteiger partial charge < -0.3 is 5.11 Å². The predicted octanol–water partition coefficient (Wildman–Crippen LogP) is 3.09. The van der Waals surface area contributed by atoms with E-state index in [-0.39, 0.29) is 5.56 Å². The molecule has 0 bridgehead atoms. The van der Waals surface area contributed by atoms with Crippen LogP contribution in [0.1, 0.15) is 48.9 Å². The molecule has 0 amide bonds. The summed E-state index contributed by atoms with van der Waals surface area (Å²) in [6, 6.07) is 5.87. The fraction of sp³-hybridized carbons (Fsp3) is 0.500. The van der Waals surface area contributed by atoms with Gasteiger partial charge in [0.15, 0.2) is 5.78 Å². The van der Waals surface area contributed by atoms with Gasteiger partial charge in [-0.3, -0.25) is 4.79 Å². The van der Waals surface area contributed by atoms with Crippen LogP contribution in [0.2, 0.25) is 0 Å². The van der Waals surface area contributed by atoms with Gasteiger partial charge >= 0.3 is 0 Å². The van der Waals surface area contributed by atoms with E-state index in [2.05, 4.69) is 0 Å². The molecule has 1 aromatic rings. The van der Waals surface area contributed by atoms with Gasteiger partial charge in [-0.25, -0.2) is 4.39 Å². The van der Waals surface area contributed by atoms with Crippen LogP contribution in [-0.2, 0) is 0 Å². The van der Waals surface area contributed by atoms with Crippen LogP contribution in [0.5, 0.6) is 0 Å². The van der Waals surface area contributed by atoms with Gasteiger partial charge in [-0.1, -0.05) is 37.8 Å². The van der Waals surface area contributed by atoms with Gasteiger partial charge in [-0.05, 0) is 25.0 Å². The molecule has 1 N–H and O–H groups in total. The number of carbonyl (C=O) groups excluding carboxylic acids is 1. The molecule has 2 nitrogen and oxygen atoms in total. The van der Waals surface area contributed by atoms with Gasteiger partial charge in [0.1, 0.15) is 11.4 Å². The molecular weight excluding hydrogens is 219 g/mol. The Morgan fingerprint density at radius 2 is 1.71 bits per heavy atom. The van der Waals surface area contributed by atoms with E-state index in [1.807, 2.05) is 0 Å². The molecule has 92 valence electrons. The van der Waals surface area contributed by atoms with E-state index in [1.54, 1.807) is 12.1 Å². The normalized spacial score (nSPS) is 19.6. The Hall–Kier alpha value is -1.22. The average Bonchev–Trinajstić information content (AvgIpc) is 2.55. The minimum absolute atomic E-state index is 0.0110. The van der Waals surface area contributed by atoms with Crippen LogP contribution in [0.25, 0.3) is 0 Å². The number of Topliss-reactive ketones (excluding diaryl/α,β-unsaturated/α-hetero) is 1. The highest BCUT2D eigenvalue weighted by Crippen LogP contribution is 2.30. The van der Waals surface area contributed by atoms with Crippen LogP contribution >= 0.6 is 0 Å². The number of benzene rings is 1. The molecule has 1 aliphatic carbocycles. The van der Waals surface area contributed by atoms with Crippen LogP contribution in [0.15, 0.2) is 24.3 Å². The quantitative estimate of drug-likeness (QED) is 0.633. The summed E-state index contributed by atoms with van der Waals surface area (Å²) in [5, 5.41) is 10.4. The van der Waals surface area contributed by atoms with E-state index < -0.39 is 17.2 Å². The Morgan fingerprint density at radius 3 is 2.29 bits per heavy atom. The maximum Gasteiger partial charge on any atom is 0.197 e. The molecule has 0 aliphatic heterocycles. The Labute approximate surface area is 100 Å². The van der Waals surface area contributed by atoms with Gasteiger partial charge in [-0.2, -0.15) is 0 Å². The van der Waals surface area contributed by atoms with Crippen LogP contribution < -0.4 is 0 Å². The zero-order valence-electron chi connectivity index (χ0n) is 9.79. The molecular formula is C14H17FO2. The van der Waals surface area contributed by atoms with Crippen molar-refractivity contribution in [3.05, 3.63) is 35.6 Å². The molecule has 0 radical (unpaired) electrons. The topological polar surface area (TPSA) is 37.3 Å². The van der Waals surface area contributed by atoms with Crippen molar-refractivity contribution in [2.45, 2.75) is 44.1 Å². The molecule has 1 fully saturated rings. The van der Waals surface area contributed by atoms with Crippen molar-refractivity contribution in [3.8, 4) is 0 Å². The summed E-state index contributed by atoms with van der Waals surface area (Å²) >= 11 is 0. The second kappa shape index (κ2) is 4.96. The molecule has 0 spiro atoms. The molecule has 0 atom stereocenters. The van der Waals surface area contributed by atoms with Gasteiger partial charge in [0.2, 0.25) is 0 Å². The second-order valence-corrected chi connectivity index (χ2v) is 4.75. The predicted molar refractivity (Wildman–Crippen MR) is 63.4 cm³/mol. The van der Waals surface area contributed by atoms with E-state index in [0.29, 0.717) is 12.8 Å². The van der Waals surface area contributed by atoms with Gasteiger partial charge in [0.25, 0.3) is 0 Å². The molecule has 0 saturated heterocycles. The second-order valence-electron chi connectivity index (χ2n) is 4.75. The third-order valence-corrected chi connectivity index (χ3v) is 3.47. The molecule has 0 unspecified atom stereocenters. The maximum absolute atomic E-state index is 13.5. The summed E-state index contributed by atoms with van der Waals surface area (Å²) in [5.41, 5.74) is -1.35. The van der Waals surface area contributed by atoms with E-state index >= 15 is 0 Å². The minimum atomic E-state index is -1.36. The fourth-order valence-electron chi connectivity index (χ4n) is 2.44. The van der Waals surface area contributed by atoms with E-state index in [4.69, 9.17) is 0 Å². The third-order valence-electron chi connectivity index (χ3n) is 3.47. The number of ketones is 1. The highest BCUT2D eigenvalue weighted by atomic mass is 19.1. The van der Waals surface area contributed by atoms with Crippen molar-refractivity contribution in [1.29, 1.82) is 0 Å². The molecule has 1 aromatic carbocycles. The van der Waals surface area contributed by atoms with Crippen LogP contribution in [0.3, 0.4) is 0 Å². The number of hydrogen-bond donors (Lipinski definition) is 1. The number of hydrogen-bond acceptors (Lipinski definition) is 2. The zero-order chi connectivity index (χ0) is 12.3. The molecule has 1 aliphatic rings. The van der Waals surface area contributed by atoms with Crippen molar-refractivity contribution >= 4 is 5.78 Å². The first kappa shape index (κ1) is 12.2. The summed E-state index contributed by atoms with van der Waals surface area (Å²) in [4.78, 5) is 12.2. The van der Waals surface area contributed by atoms with Gasteiger partial charge in [0.05, 0.1) is 5.56 Å². The third kappa shape index (κ3) is 2.55. The number of aliphatic hydroxyl groups is 1. The lowest BCUT2D eigenvalue weighted by Gasteiger charge is -2.25. The van der Waals surface area contributed by atoms with E-state index in [1.165, 1.54) is 12.1 Å². The number of halogens is 1. The monoisotopic (exact) mass is 236 g/mol. The van der Waals surface area contributed by atoms with E-state index in [0.717, 1.165) is 25.7 Å². The summed E-state index contributed by atoms with van der Waals surface area (Å²) < 4.78 is 13.5. The highest BCUT2D eigenvalue weighted by Gasteiger charge is 2.37. The van der Waals surface area contributed by atoms with Crippen molar-refractivity contribution in [3.63, 3.8) is 0 Å². The van der Waals surface area contributed by atoms with Crippen LogP contribution in [-0.4, -0.2) is 16.5 Å². The van der Waals surface area contributed by atoms with Crippen molar-refractivity contribution in [2.75, 3.05) is 0 Å². The van der Waals surface area contributed by atoms with Crippen molar-refractivity contribution in [1.82, 2.24) is 0 Å². The average molecular weight is 236 g/mol. The Morgan fingerprint density at radius 1 is 1.12 bits per heavy atom. The lowest BCUT2D eigenvalue weighted by atomic mass is 9.86. The number of carbonyl (C=O) groups is 1. The smallest absolute Gasteiger partial charge is 0.197 e. The van der Waals surface area contributed by atoms with Gasteiger partial charge in [-0.15, -0.1) is 0 Å².